The Morgan fingerprint density at radius 1 is 1.04 bits per heavy atom. The molecule has 0 amide bonds. The maximum absolute atomic E-state index is 12.8. The lowest BCUT2D eigenvalue weighted by atomic mass is 9.98. The van der Waals surface area contributed by atoms with Crippen LogP contribution in [-0.2, 0) is 10.0 Å². The van der Waals surface area contributed by atoms with E-state index in [4.69, 9.17) is 4.74 Å². The fourth-order valence-corrected chi connectivity index (χ4v) is 4.52. The number of benzene rings is 3. The van der Waals surface area contributed by atoms with Gasteiger partial charge in [0.1, 0.15) is 5.75 Å². The molecule has 0 aliphatic rings. The molecule has 148 valence electrons. The molecule has 3 aromatic carbocycles. The summed E-state index contributed by atoms with van der Waals surface area (Å²) in [6, 6.07) is 19.1. The van der Waals surface area contributed by atoms with Crippen molar-refractivity contribution in [3.8, 4) is 5.75 Å². The first-order valence-corrected chi connectivity index (χ1v) is 10.6. The number of rotatable bonds is 7. The number of sulfonamides is 1. The fourth-order valence-electron chi connectivity index (χ4n) is 3.40. The van der Waals surface area contributed by atoms with Crippen molar-refractivity contribution >= 4 is 20.8 Å². The van der Waals surface area contributed by atoms with Crippen molar-refractivity contribution in [2.45, 2.75) is 17.9 Å². The van der Waals surface area contributed by atoms with E-state index in [1.807, 2.05) is 44.1 Å². The van der Waals surface area contributed by atoms with Gasteiger partial charge in [0.15, 0.2) is 0 Å². The molecule has 0 bridgehead atoms. The van der Waals surface area contributed by atoms with Crippen molar-refractivity contribution in [1.82, 2.24) is 9.62 Å². The first-order valence-electron chi connectivity index (χ1n) is 9.12. The topological polar surface area (TPSA) is 58.6 Å². The molecule has 0 saturated carbocycles. The van der Waals surface area contributed by atoms with Gasteiger partial charge in [-0.05, 0) is 61.1 Å². The molecule has 5 nitrogen and oxygen atoms in total. The van der Waals surface area contributed by atoms with Crippen LogP contribution in [0.15, 0.2) is 65.6 Å². The maximum Gasteiger partial charge on any atom is 0.240 e. The Labute approximate surface area is 167 Å². The van der Waals surface area contributed by atoms with Crippen molar-refractivity contribution in [3.05, 3.63) is 71.8 Å². The lowest BCUT2D eigenvalue weighted by Crippen LogP contribution is -2.34. The zero-order valence-electron chi connectivity index (χ0n) is 16.6. The third-order valence-corrected chi connectivity index (χ3v) is 6.37. The van der Waals surface area contributed by atoms with Crippen LogP contribution in [-0.4, -0.2) is 41.1 Å². The van der Waals surface area contributed by atoms with Gasteiger partial charge in [0.25, 0.3) is 0 Å². The largest absolute Gasteiger partial charge is 0.496 e. The quantitative estimate of drug-likeness (QED) is 0.659. The second-order valence-electron chi connectivity index (χ2n) is 7.03. The smallest absolute Gasteiger partial charge is 0.240 e. The highest BCUT2D eigenvalue weighted by Gasteiger charge is 2.21. The second-order valence-corrected chi connectivity index (χ2v) is 8.80. The number of hydrogen-bond donors (Lipinski definition) is 1. The van der Waals surface area contributed by atoms with Crippen LogP contribution in [0.4, 0.5) is 0 Å². The van der Waals surface area contributed by atoms with Gasteiger partial charge in [0.05, 0.1) is 12.0 Å². The van der Waals surface area contributed by atoms with Gasteiger partial charge in [-0.15, -0.1) is 0 Å². The number of aryl methyl sites for hydroxylation is 1. The normalized spacial score (nSPS) is 13.0. The third-order valence-electron chi connectivity index (χ3n) is 4.95. The number of fused-ring (bicyclic) bond motifs is 1. The van der Waals surface area contributed by atoms with Crippen molar-refractivity contribution < 1.29 is 13.2 Å². The summed E-state index contributed by atoms with van der Waals surface area (Å²) in [4.78, 5) is 2.27. The molecular formula is C22H26N2O3S. The van der Waals surface area contributed by atoms with Crippen LogP contribution >= 0.6 is 0 Å². The second kappa shape index (κ2) is 8.31. The molecule has 6 heteroatoms. The van der Waals surface area contributed by atoms with Gasteiger partial charge >= 0.3 is 0 Å². The zero-order chi connectivity index (χ0) is 20.3. The molecule has 1 unspecified atom stereocenters. The molecule has 3 aromatic rings. The van der Waals surface area contributed by atoms with Crippen molar-refractivity contribution in [3.63, 3.8) is 0 Å². The van der Waals surface area contributed by atoms with Crippen LogP contribution < -0.4 is 9.46 Å². The SMILES string of the molecule is COc1ccc(S(=O)(=O)NCC(c2cccc3ccccc23)N(C)C)cc1C. The molecular weight excluding hydrogens is 372 g/mol. The van der Waals surface area contributed by atoms with E-state index in [0.717, 1.165) is 21.9 Å². The van der Waals surface area contributed by atoms with Gasteiger partial charge in [-0.2, -0.15) is 0 Å². The lowest BCUT2D eigenvalue weighted by molar-refractivity contribution is 0.301. The highest BCUT2D eigenvalue weighted by molar-refractivity contribution is 7.89. The zero-order valence-corrected chi connectivity index (χ0v) is 17.5. The Bertz CT molecular complexity index is 1070. The van der Waals surface area contributed by atoms with Crippen LogP contribution in [0.5, 0.6) is 5.75 Å². The van der Waals surface area contributed by atoms with Gasteiger partial charge in [0, 0.05) is 12.6 Å². The number of ether oxygens (including phenoxy) is 1. The Balaban J connectivity index is 1.88. The van der Waals surface area contributed by atoms with Crippen molar-refractivity contribution in [2.75, 3.05) is 27.7 Å². The Morgan fingerprint density at radius 3 is 2.43 bits per heavy atom. The average Bonchev–Trinajstić information content (AvgIpc) is 2.68. The summed E-state index contributed by atoms with van der Waals surface area (Å²) >= 11 is 0. The summed E-state index contributed by atoms with van der Waals surface area (Å²) < 4.78 is 33.7. The van der Waals surface area contributed by atoms with Crippen LogP contribution in [0.25, 0.3) is 10.8 Å². The first-order chi connectivity index (χ1) is 13.3. The van der Waals surface area contributed by atoms with Crippen LogP contribution in [0.3, 0.4) is 0 Å². The Morgan fingerprint density at radius 2 is 1.75 bits per heavy atom. The molecule has 0 aromatic heterocycles. The Hall–Kier alpha value is -2.41. The molecule has 0 saturated heterocycles. The number of likely N-dealkylation sites (N-methyl/N-ethyl adjacent to an activating group) is 1. The van der Waals surface area contributed by atoms with E-state index in [1.54, 1.807) is 25.3 Å². The van der Waals surface area contributed by atoms with E-state index >= 15 is 0 Å². The molecule has 0 aliphatic heterocycles. The molecule has 28 heavy (non-hydrogen) atoms. The lowest BCUT2D eigenvalue weighted by Gasteiger charge is -2.26. The minimum atomic E-state index is -3.63. The van der Waals surface area contributed by atoms with Gasteiger partial charge in [0.2, 0.25) is 10.0 Å². The summed E-state index contributed by atoms with van der Waals surface area (Å²) in [7, 11) is 1.85. The third kappa shape index (κ3) is 4.19. The predicted octanol–water partition coefficient (Wildman–Crippen LogP) is 3.74. The first kappa shape index (κ1) is 20.3. The molecule has 0 fully saturated rings. The number of hydrogen-bond acceptors (Lipinski definition) is 4. The van der Waals surface area contributed by atoms with Crippen molar-refractivity contribution in [2.24, 2.45) is 0 Å². The van der Waals surface area contributed by atoms with E-state index in [0.29, 0.717) is 5.75 Å². The van der Waals surface area contributed by atoms with Gasteiger partial charge in [-0.1, -0.05) is 42.5 Å². The summed E-state index contributed by atoms with van der Waals surface area (Å²) in [5, 5.41) is 2.27. The van der Waals surface area contributed by atoms with E-state index in [9.17, 15) is 8.42 Å². The molecule has 0 radical (unpaired) electrons. The van der Waals surface area contributed by atoms with Crippen LogP contribution in [0, 0.1) is 6.92 Å². The maximum atomic E-state index is 12.8. The predicted molar refractivity (Wildman–Crippen MR) is 113 cm³/mol. The van der Waals surface area contributed by atoms with E-state index < -0.39 is 10.0 Å². The van der Waals surface area contributed by atoms with Crippen molar-refractivity contribution in [1.29, 1.82) is 0 Å². The van der Waals surface area contributed by atoms with E-state index in [2.05, 4.69) is 29.0 Å². The van der Waals surface area contributed by atoms with Gasteiger partial charge in [-0.25, -0.2) is 13.1 Å². The van der Waals surface area contributed by atoms with Gasteiger partial charge in [-0.3, -0.25) is 0 Å². The molecule has 0 heterocycles. The summed E-state index contributed by atoms with van der Waals surface area (Å²) in [5.41, 5.74) is 1.88. The average molecular weight is 399 g/mol. The minimum Gasteiger partial charge on any atom is -0.496 e. The monoisotopic (exact) mass is 398 g/mol. The van der Waals surface area contributed by atoms with Gasteiger partial charge < -0.3 is 9.64 Å². The van der Waals surface area contributed by atoms with E-state index in [1.165, 1.54) is 0 Å². The highest BCUT2D eigenvalue weighted by Crippen LogP contribution is 2.27. The summed E-state index contributed by atoms with van der Waals surface area (Å²) in [5.74, 6) is 0.667. The molecule has 1 N–H and O–H groups in total. The highest BCUT2D eigenvalue weighted by atomic mass is 32.2. The Kier molecular flexibility index (Phi) is 6.03. The van der Waals surface area contributed by atoms with Crippen LogP contribution in [0.2, 0.25) is 0 Å². The molecule has 1 atom stereocenters. The standard InChI is InChI=1S/C22H26N2O3S/c1-16-14-18(12-13-22(16)27-4)28(25,26)23-15-21(24(2)3)20-11-7-9-17-8-5-6-10-19(17)20/h5-14,21,23H,15H2,1-4H3. The molecule has 0 aliphatic carbocycles. The minimum absolute atomic E-state index is 0.0970. The molecule has 0 spiro atoms. The fraction of sp³-hybridized carbons (Fsp3) is 0.273. The summed E-state index contributed by atoms with van der Waals surface area (Å²) in [6.45, 7) is 2.10. The van der Waals surface area contributed by atoms with E-state index in [-0.39, 0.29) is 17.5 Å². The number of nitrogens with zero attached hydrogens (tertiary/aromatic N) is 1. The number of nitrogens with one attached hydrogen (secondary N) is 1. The number of methoxy groups -OCH3 is 1. The molecule has 3 rings (SSSR count). The summed E-state index contributed by atoms with van der Waals surface area (Å²) in [6.07, 6.45) is 0. The van der Waals surface area contributed by atoms with Crippen LogP contribution in [0.1, 0.15) is 17.2 Å².